The monoisotopic (exact) mass is 342 g/mol. The Hall–Kier alpha value is -1.15. The second-order valence-electron chi connectivity index (χ2n) is 7.06. The molecule has 2 bridgehead atoms. The van der Waals surface area contributed by atoms with Crippen LogP contribution in [0, 0.1) is 17.2 Å². The molecule has 2 fully saturated rings. The molecule has 0 amide bonds. The van der Waals surface area contributed by atoms with Crippen LogP contribution < -0.4 is 0 Å². The minimum atomic E-state index is -0.442. The van der Waals surface area contributed by atoms with E-state index in [9.17, 15) is 5.26 Å². The highest BCUT2D eigenvalue weighted by Gasteiger charge is 2.44. The lowest BCUT2D eigenvalue weighted by atomic mass is 9.74. The van der Waals surface area contributed by atoms with Gasteiger partial charge in [0, 0.05) is 21.8 Å². The molecule has 2 nitrogen and oxygen atoms in total. The first-order valence-electron chi connectivity index (χ1n) is 8.44. The molecule has 1 unspecified atom stereocenters. The van der Waals surface area contributed by atoms with Crippen molar-refractivity contribution in [1.29, 1.82) is 5.26 Å². The fourth-order valence-electron chi connectivity index (χ4n) is 4.65. The summed E-state index contributed by atoms with van der Waals surface area (Å²) in [6.45, 7) is 0. The summed E-state index contributed by atoms with van der Waals surface area (Å²) >= 11 is 3.47. The van der Waals surface area contributed by atoms with Crippen LogP contribution in [0.4, 0.5) is 0 Å². The minimum absolute atomic E-state index is 0.442. The van der Waals surface area contributed by atoms with Crippen molar-refractivity contribution in [3.63, 3.8) is 0 Å². The Labute approximate surface area is 146 Å². The third kappa shape index (κ3) is 2.55. The molecule has 2 aliphatic heterocycles. The van der Waals surface area contributed by atoms with Crippen molar-refractivity contribution in [2.24, 2.45) is 5.92 Å². The number of nitrogens with zero attached hydrogens (tertiary/aromatic N) is 2. The van der Waals surface area contributed by atoms with E-state index >= 15 is 0 Å². The predicted molar refractivity (Wildman–Crippen MR) is 96.9 cm³/mol. The normalized spacial score (nSPS) is 27.9. The zero-order chi connectivity index (χ0) is 15.9. The van der Waals surface area contributed by atoms with Crippen LogP contribution in [0.2, 0.25) is 0 Å². The Morgan fingerprint density at radius 3 is 2.13 bits per heavy atom. The molecule has 4 heteroatoms. The molecule has 0 saturated carbocycles. The van der Waals surface area contributed by atoms with Crippen molar-refractivity contribution in [1.82, 2.24) is 4.90 Å². The van der Waals surface area contributed by atoms with Gasteiger partial charge in [-0.1, -0.05) is 12.1 Å². The number of fused-ring (bicyclic) bond motifs is 2. The Bertz CT molecular complexity index is 635. The lowest BCUT2D eigenvalue weighted by Crippen LogP contribution is -2.41. The largest absolute Gasteiger partial charge is 0.300 e. The van der Waals surface area contributed by atoms with Gasteiger partial charge in [-0.05, 0) is 68.0 Å². The second-order valence-corrected chi connectivity index (χ2v) is 8.96. The first-order chi connectivity index (χ1) is 11.2. The summed E-state index contributed by atoms with van der Waals surface area (Å²) in [5.74, 6) is 0.660. The maximum Gasteiger partial charge on any atom is 0.126 e. The fraction of sp³-hybridized carbons (Fsp3) is 0.526. The van der Waals surface area contributed by atoms with Gasteiger partial charge in [-0.3, -0.25) is 0 Å². The number of thiophene rings is 2. The van der Waals surface area contributed by atoms with Crippen molar-refractivity contribution in [3.05, 3.63) is 44.8 Å². The Morgan fingerprint density at radius 1 is 1.13 bits per heavy atom. The molecule has 0 aromatic carbocycles. The van der Waals surface area contributed by atoms with Crippen molar-refractivity contribution < 1.29 is 0 Å². The molecule has 4 rings (SSSR count). The molecule has 2 aromatic rings. The summed E-state index contributed by atoms with van der Waals surface area (Å²) in [4.78, 5) is 5.02. The molecule has 3 atom stereocenters. The highest BCUT2D eigenvalue weighted by atomic mass is 32.1. The van der Waals surface area contributed by atoms with Gasteiger partial charge in [0.05, 0.1) is 6.07 Å². The molecular weight excluding hydrogens is 320 g/mol. The summed E-state index contributed by atoms with van der Waals surface area (Å²) in [5, 5.41) is 14.4. The topological polar surface area (TPSA) is 27.0 Å². The molecular formula is C19H22N2S2. The summed E-state index contributed by atoms with van der Waals surface area (Å²) in [5.41, 5.74) is -0.442. The number of rotatable bonds is 4. The molecule has 4 heterocycles. The van der Waals surface area contributed by atoms with E-state index < -0.39 is 5.41 Å². The van der Waals surface area contributed by atoms with E-state index in [0.29, 0.717) is 5.92 Å². The van der Waals surface area contributed by atoms with E-state index in [2.05, 4.69) is 53.0 Å². The second kappa shape index (κ2) is 6.05. The van der Waals surface area contributed by atoms with Crippen molar-refractivity contribution in [2.75, 3.05) is 7.05 Å². The van der Waals surface area contributed by atoms with Gasteiger partial charge >= 0.3 is 0 Å². The standard InChI is InChI=1S/C19H22N2S2/c1-21-15-6-7-16(21)11-14(10-15)12-19(13-20,17-4-2-8-22-17)18-5-3-9-23-18/h2-5,8-9,14-16H,6-7,10-12H2,1H3/t14?,15-,16+. The van der Waals surface area contributed by atoms with Gasteiger partial charge in [0.15, 0.2) is 0 Å². The van der Waals surface area contributed by atoms with Crippen LogP contribution in [-0.4, -0.2) is 24.0 Å². The number of piperidine rings is 1. The summed E-state index contributed by atoms with van der Waals surface area (Å²) < 4.78 is 0. The number of hydrogen-bond acceptors (Lipinski definition) is 4. The lowest BCUT2D eigenvalue weighted by Gasteiger charge is -2.39. The van der Waals surface area contributed by atoms with Gasteiger partial charge in [-0.2, -0.15) is 5.26 Å². The van der Waals surface area contributed by atoms with Crippen LogP contribution in [0.15, 0.2) is 35.0 Å². The average molecular weight is 343 g/mol. The first kappa shape index (κ1) is 15.4. The van der Waals surface area contributed by atoms with E-state index in [1.807, 2.05) is 0 Å². The highest BCUT2D eigenvalue weighted by Crippen LogP contribution is 2.47. The van der Waals surface area contributed by atoms with Crippen molar-refractivity contribution in [3.8, 4) is 6.07 Å². The van der Waals surface area contributed by atoms with Crippen LogP contribution in [0.1, 0.15) is 41.9 Å². The lowest BCUT2D eigenvalue weighted by molar-refractivity contribution is 0.124. The molecule has 2 saturated heterocycles. The SMILES string of the molecule is CN1[C@@H]2CC[C@H]1CC(CC(C#N)(c1cccs1)c1cccs1)C2. The van der Waals surface area contributed by atoms with Crippen LogP contribution in [0.5, 0.6) is 0 Å². The Morgan fingerprint density at radius 2 is 1.70 bits per heavy atom. The third-order valence-electron chi connectivity index (χ3n) is 5.87. The van der Waals surface area contributed by atoms with Gasteiger partial charge in [0.2, 0.25) is 0 Å². The van der Waals surface area contributed by atoms with Gasteiger partial charge < -0.3 is 4.90 Å². The Kier molecular flexibility index (Phi) is 4.05. The van der Waals surface area contributed by atoms with Gasteiger partial charge in [-0.25, -0.2) is 0 Å². The zero-order valence-electron chi connectivity index (χ0n) is 13.4. The van der Waals surface area contributed by atoms with E-state index in [0.717, 1.165) is 18.5 Å². The zero-order valence-corrected chi connectivity index (χ0v) is 15.1. The van der Waals surface area contributed by atoms with Gasteiger partial charge in [0.1, 0.15) is 5.41 Å². The maximum atomic E-state index is 10.2. The van der Waals surface area contributed by atoms with Crippen LogP contribution in [0.3, 0.4) is 0 Å². The minimum Gasteiger partial charge on any atom is -0.300 e. The van der Waals surface area contributed by atoms with E-state index in [4.69, 9.17) is 0 Å². The molecule has 2 aliphatic rings. The van der Waals surface area contributed by atoms with E-state index in [1.165, 1.54) is 35.4 Å². The van der Waals surface area contributed by atoms with Crippen LogP contribution in [-0.2, 0) is 5.41 Å². The Balaban J connectivity index is 1.66. The predicted octanol–water partition coefficient (Wildman–Crippen LogP) is 4.88. The van der Waals surface area contributed by atoms with Crippen LogP contribution in [0.25, 0.3) is 0 Å². The quantitative estimate of drug-likeness (QED) is 0.791. The molecule has 0 radical (unpaired) electrons. The molecule has 2 aromatic heterocycles. The molecule has 0 spiro atoms. The fourth-order valence-corrected chi connectivity index (χ4v) is 6.51. The van der Waals surface area contributed by atoms with E-state index in [1.54, 1.807) is 22.7 Å². The van der Waals surface area contributed by atoms with Gasteiger partial charge in [0.25, 0.3) is 0 Å². The molecule has 120 valence electrons. The smallest absolute Gasteiger partial charge is 0.126 e. The highest BCUT2D eigenvalue weighted by molar-refractivity contribution is 7.11. The molecule has 23 heavy (non-hydrogen) atoms. The average Bonchev–Trinajstić information content (AvgIpc) is 3.29. The summed E-state index contributed by atoms with van der Waals surface area (Å²) in [7, 11) is 2.29. The molecule has 0 aliphatic carbocycles. The van der Waals surface area contributed by atoms with Crippen LogP contribution >= 0.6 is 22.7 Å². The maximum absolute atomic E-state index is 10.2. The number of hydrogen-bond donors (Lipinski definition) is 0. The summed E-state index contributed by atoms with van der Waals surface area (Å²) in [6.07, 6.45) is 6.18. The summed E-state index contributed by atoms with van der Waals surface area (Å²) in [6, 6.07) is 12.7. The van der Waals surface area contributed by atoms with Crippen molar-refractivity contribution in [2.45, 2.75) is 49.6 Å². The number of nitriles is 1. The third-order valence-corrected chi connectivity index (χ3v) is 7.93. The van der Waals surface area contributed by atoms with Gasteiger partial charge in [-0.15, -0.1) is 22.7 Å². The first-order valence-corrected chi connectivity index (χ1v) is 10.2. The molecule has 0 N–H and O–H groups in total. The van der Waals surface area contributed by atoms with E-state index in [-0.39, 0.29) is 0 Å². The van der Waals surface area contributed by atoms with Crippen molar-refractivity contribution >= 4 is 22.7 Å².